The summed E-state index contributed by atoms with van der Waals surface area (Å²) >= 11 is 8.14. The fourth-order valence-electron chi connectivity index (χ4n) is 2.56. The second-order valence-corrected chi connectivity index (χ2v) is 11.0. The summed E-state index contributed by atoms with van der Waals surface area (Å²) in [6.45, 7) is 12.8. The van der Waals surface area contributed by atoms with Gasteiger partial charge >= 0.3 is 0 Å². The number of hydrogen-bond donors (Lipinski definition) is 5. The second kappa shape index (κ2) is 13.2. The van der Waals surface area contributed by atoms with Crippen LogP contribution in [-0.2, 0) is 4.74 Å². The lowest BCUT2D eigenvalue weighted by molar-refractivity contribution is -0.103. The molecule has 1 unspecified atom stereocenters. The number of rotatable bonds is 9. The van der Waals surface area contributed by atoms with Crippen LogP contribution in [0.3, 0.4) is 0 Å². The predicted octanol–water partition coefficient (Wildman–Crippen LogP) is 4.75. The Bertz CT molecular complexity index is 1120. The number of benzene rings is 1. The molecule has 214 valence electrons. The van der Waals surface area contributed by atoms with Crippen LogP contribution in [0.2, 0.25) is 0 Å². The molecule has 8 nitrogen and oxygen atoms in total. The molecule has 0 heterocycles. The van der Waals surface area contributed by atoms with Crippen molar-refractivity contribution in [1.82, 2.24) is 10.6 Å². The van der Waals surface area contributed by atoms with E-state index in [1.165, 1.54) is 14.0 Å². The number of thiol groups is 2. The lowest BCUT2D eigenvalue weighted by Crippen LogP contribution is -2.52. The molecule has 1 aromatic carbocycles. The van der Waals surface area contributed by atoms with Crippen molar-refractivity contribution in [1.29, 1.82) is 0 Å². The van der Waals surface area contributed by atoms with Crippen LogP contribution in [-0.4, -0.2) is 46.7 Å². The first-order valence-electron chi connectivity index (χ1n) is 11.3. The molecule has 0 aliphatic rings. The third-order valence-corrected chi connectivity index (χ3v) is 6.14. The fraction of sp³-hybridized carbons (Fsp3) is 0.565. The van der Waals surface area contributed by atoms with Crippen molar-refractivity contribution in [3.8, 4) is 0 Å². The van der Waals surface area contributed by atoms with Crippen LogP contribution >= 0.6 is 25.3 Å². The molecule has 15 heteroatoms. The Kier molecular flexibility index (Phi) is 11.8. The molecule has 0 saturated heterocycles. The van der Waals surface area contributed by atoms with Gasteiger partial charge in [0.05, 0.1) is 17.9 Å². The third kappa shape index (κ3) is 8.92. The Hall–Kier alpha value is -2.23. The molecule has 1 rings (SSSR count). The molecule has 1 aromatic rings. The van der Waals surface area contributed by atoms with Gasteiger partial charge < -0.3 is 21.1 Å². The van der Waals surface area contributed by atoms with E-state index in [1.54, 1.807) is 6.92 Å². The summed E-state index contributed by atoms with van der Waals surface area (Å²) in [5, 5.41) is 20.2. The molecule has 38 heavy (non-hydrogen) atoms. The van der Waals surface area contributed by atoms with Gasteiger partial charge in [0.2, 0.25) is 5.82 Å². The quantitative estimate of drug-likeness (QED) is 0.0423. The lowest BCUT2D eigenvalue weighted by Gasteiger charge is -2.39. The fourth-order valence-corrected chi connectivity index (χ4v) is 2.95. The van der Waals surface area contributed by atoms with E-state index in [4.69, 9.17) is 10.5 Å². The first-order chi connectivity index (χ1) is 17.3. The second-order valence-electron chi connectivity index (χ2n) is 10.1. The van der Waals surface area contributed by atoms with Gasteiger partial charge in [-0.15, -0.1) is 40.6 Å². The van der Waals surface area contributed by atoms with Gasteiger partial charge in [0.15, 0.2) is 33.6 Å². The van der Waals surface area contributed by atoms with E-state index in [-0.39, 0.29) is 21.5 Å². The van der Waals surface area contributed by atoms with Gasteiger partial charge in [0, 0.05) is 18.0 Å². The van der Waals surface area contributed by atoms with Crippen LogP contribution in [0.4, 0.5) is 22.0 Å². The van der Waals surface area contributed by atoms with Gasteiger partial charge in [-0.3, -0.25) is 0 Å². The molecule has 0 aromatic heterocycles. The van der Waals surface area contributed by atoms with Crippen molar-refractivity contribution in [2.75, 3.05) is 13.7 Å². The molecule has 0 aliphatic carbocycles. The highest BCUT2D eigenvalue weighted by Gasteiger charge is 2.35. The molecule has 0 spiro atoms. The normalized spacial score (nSPS) is 16.0. The van der Waals surface area contributed by atoms with Crippen LogP contribution < -0.4 is 16.4 Å². The summed E-state index contributed by atoms with van der Waals surface area (Å²) in [5.41, 5.74) is 2.05. The highest BCUT2D eigenvalue weighted by atomic mass is 32.1. The van der Waals surface area contributed by atoms with E-state index >= 15 is 0 Å². The minimum Gasteiger partial charge on any atom is -0.366 e. The van der Waals surface area contributed by atoms with E-state index in [2.05, 4.69) is 56.3 Å². The van der Waals surface area contributed by atoms with Crippen molar-refractivity contribution >= 4 is 47.0 Å². The number of nitrogens with one attached hydrogen (secondary N) is 2. The number of hydrogen-bond acceptors (Lipinski definition) is 6. The Morgan fingerprint density at radius 1 is 0.816 bits per heavy atom. The average Bonchev–Trinajstić information content (AvgIpc) is 2.80. The first kappa shape index (κ1) is 33.8. The molecule has 1 atom stereocenters. The maximum Gasteiger partial charge on any atom is 0.200 e. The van der Waals surface area contributed by atoms with E-state index in [0.29, 0.717) is 13.0 Å². The summed E-state index contributed by atoms with van der Waals surface area (Å²) in [7, 11) is 1.42. The minimum absolute atomic E-state index is 0.00828. The van der Waals surface area contributed by atoms with Gasteiger partial charge in [-0.1, -0.05) is 20.8 Å². The molecule has 0 saturated carbocycles. The number of ether oxygens (including phenoxy) is 1. The number of halogens is 5. The summed E-state index contributed by atoms with van der Waals surface area (Å²) in [6.07, 6.45) is 0.485. The minimum atomic E-state index is -2.31. The van der Waals surface area contributed by atoms with Crippen LogP contribution in [0.15, 0.2) is 20.4 Å². The Morgan fingerprint density at radius 3 is 1.76 bits per heavy atom. The Morgan fingerprint density at radius 2 is 1.29 bits per heavy atom. The summed E-state index contributed by atoms with van der Waals surface area (Å²) < 4.78 is 76.1. The van der Waals surface area contributed by atoms with Crippen molar-refractivity contribution in [3.05, 3.63) is 34.6 Å². The topological polar surface area (TPSA) is 109 Å². The van der Waals surface area contributed by atoms with Crippen molar-refractivity contribution < 1.29 is 26.7 Å². The number of nitrogens with zero attached hydrogens (tertiary/aromatic N) is 4. The smallest absolute Gasteiger partial charge is 0.200 e. The largest absolute Gasteiger partial charge is 0.366 e. The van der Waals surface area contributed by atoms with Crippen LogP contribution in [0.25, 0.3) is 0 Å². The molecular weight excluding hydrogens is 549 g/mol. The van der Waals surface area contributed by atoms with Gasteiger partial charge in [0.25, 0.3) is 0 Å². The van der Waals surface area contributed by atoms with Crippen LogP contribution in [0, 0.1) is 34.5 Å². The zero-order chi connectivity index (χ0) is 29.6. The molecule has 0 amide bonds. The number of nitrogens with two attached hydrogens (primary N) is 1. The zero-order valence-electron chi connectivity index (χ0n) is 22.5. The molecule has 4 N–H and O–H groups in total. The van der Waals surface area contributed by atoms with Gasteiger partial charge in [0.1, 0.15) is 11.4 Å². The van der Waals surface area contributed by atoms with Gasteiger partial charge in [-0.2, -0.15) is 5.10 Å². The van der Waals surface area contributed by atoms with Crippen molar-refractivity contribution in [2.24, 2.45) is 31.6 Å². The molecular formula is C23H34F5N7OS2. The summed E-state index contributed by atoms with van der Waals surface area (Å²) in [4.78, 5) is 0. The zero-order valence-corrected chi connectivity index (χ0v) is 24.3. The van der Waals surface area contributed by atoms with Gasteiger partial charge in [-0.25, -0.2) is 22.0 Å². The predicted molar refractivity (Wildman–Crippen MR) is 148 cm³/mol. The molecule has 0 fully saturated rings. The summed E-state index contributed by atoms with van der Waals surface area (Å²) in [6, 6.07) is 0. The van der Waals surface area contributed by atoms with E-state index in [9.17, 15) is 22.0 Å². The standard InChI is InChI=1S/C23H34F5N7OS2/c1-11(32-35-20(38)31-22(5,6)9-10-36-23(7,29)21(2,3)4)18(33-34-19(37)30-8)12-13(24)15(26)17(28)16(27)14(12)25/h9-10,29H2,1-8H3,(H2,30,34,37)(H2,31,35,38)/b32-11+,33-18-. The van der Waals surface area contributed by atoms with Crippen LogP contribution in [0.5, 0.6) is 0 Å². The van der Waals surface area contributed by atoms with Gasteiger partial charge in [-0.05, 0) is 34.1 Å². The summed E-state index contributed by atoms with van der Waals surface area (Å²) in [5.74, 6) is -10.8. The SMILES string of the molecule is CN/C(S)=N/N=C(/C(C)=N/N=C(\S)NC(C)(C)CCOC(C)(N)C(C)(C)C)c1c(F)c(F)c(F)c(F)c1F. The molecule has 0 bridgehead atoms. The monoisotopic (exact) mass is 583 g/mol. The highest BCUT2D eigenvalue weighted by molar-refractivity contribution is 7.97. The van der Waals surface area contributed by atoms with Crippen molar-refractivity contribution in [2.45, 2.75) is 66.2 Å². The maximum absolute atomic E-state index is 14.5. The highest BCUT2D eigenvalue weighted by Crippen LogP contribution is 2.29. The Labute approximate surface area is 230 Å². The van der Waals surface area contributed by atoms with Crippen molar-refractivity contribution in [3.63, 3.8) is 0 Å². The first-order valence-corrected chi connectivity index (χ1v) is 12.2. The van der Waals surface area contributed by atoms with E-state index < -0.39 is 51.6 Å². The Balaban J connectivity index is 3.28. The van der Waals surface area contributed by atoms with Crippen LogP contribution in [0.1, 0.15) is 60.5 Å². The third-order valence-electron chi connectivity index (χ3n) is 5.62. The molecule has 0 radical (unpaired) electrons. The average molecular weight is 584 g/mol. The maximum atomic E-state index is 14.5. The van der Waals surface area contributed by atoms with E-state index in [0.717, 1.165) is 0 Å². The molecule has 0 aliphatic heterocycles. The van der Waals surface area contributed by atoms with E-state index in [1.807, 2.05) is 34.6 Å². The number of amidine groups is 2. The lowest BCUT2D eigenvalue weighted by atomic mass is 9.85.